The predicted octanol–water partition coefficient (Wildman–Crippen LogP) is 3.44. The SMILES string of the molecule is CN(c1c(F)cccc1F)S(=O)(=O)c1ccccc1Cl. The lowest BCUT2D eigenvalue weighted by Gasteiger charge is -2.21. The Morgan fingerprint density at radius 2 is 1.55 bits per heavy atom. The quantitative estimate of drug-likeness (QED) is 0.869. The molecule has 0 bridgehead atoms. The summed E-state index contributed by atoms with van der Waals surface area (Å²) in [6, 6.07) is 8.82. The molecule has 7 heteroatoms. The number of rotatable bonds is 3. The third kappa shape index (κ3) is 2.48. The number of nitrogens with zero attached hydrogens (tertiary/aromatic N) is 1. The van der Waals surface area contributed by atoms with E-state index in [0.717, 1.165) is 25.2 Å². The predicted molar refractivity (Wildman–Crippen MR) is 73.4 cm³/mol. The van der Waals surface area contributed by atoms with E-state index in [4.69, 9.17) is 11.6 Å². The van der Waals surface area contributed by atoms with Crippen molar-refractivity contribution in [2.75, 3.05) is 11.4 Å². The fraction of sp³-hybridized carbons (Fsp3) is 0.0769. The molecule has 2 aromatic rings. The van der Waals surface area contributed by atoms with Crippen molar-refractivity contribution in [2.24, 2.45) is 0 Å². The average Bonchev–Trinajstić information content (AvgIpc) is 2.38. The average molecular weight is 318 g/mol. The van der Waals surface area contributed by atoms with Gasteiger partial charge >= 0.3 is 0 Å². The van der Waals surface area contributed by atoms with E-state index in [2.05, 4.69) is 0 Å². The maximum atomic E-state index is 13.7. The third-order valence-corrected chi connectivity index (χ3v) is 4.98. The van der Waals surface area contributed by atoms with Crippen LogP contribution in [0.25, 0.3) is 0 Å². The highest BCUT2D eigenvalue weighted by atomic mass is 35.5. The van der Waals surface area contributed by atoms with E-state index in [-0.39, 0.29) is 9.92 Å². The lowest BCUT2D eigenvalue weighted by molar-refractivity contribution is 0.572. The van der Waals surface area contributed by atoms with Crippen LogP contribution in [0.3, 0.4) is 0 Å². The zero-order chi connectivity index (χ0) is 14.9. The molecule has 0 aromatic heterocycles. The Labute approximate surface area is 120 Å². The molecule has 0 saturated carbocycles. The molecule has 3 nitrogen and oxygen atoms in total. The van der Waals surface area contributed by atoms with Crippen LogP contribution in [0.15, 0.2) is 47.4 Å². The standard InChI is InChI=1S/C13H10ClF2NO2S/c1-17(13-10(15)6-4-7-11(13)16)20(18,19)12-8-3-2-5-9(12)14/h2-8H,1H3. The van der Waals surface area contributed by atoms with E-state index in [1.807, 2.05) is 0 Å². The van der Waals surface area contributed by atoms with Crippen molar-refractivity contribution in [1.82, 2.24) is 0 Å². The smallest absolute Gasteiger partial charge is 0.263 e. The molecule has 0 fully saturated rings. The fourth-order valence-electron chi connectivity index (χ4n) is 1.71. The number of para-hydroxylation sites is 1. The van der Waals surface area contributed by atoms with E-state index in [9.17, 15) is 17.2 Å². The Balaban J connectivity index is 2.59. The van der Waals surface area contributed by atoms with Crippen LogP contribution in [0, 0.1) is 11.6 Å². The summed E-state index contributed by atoms with van der Waals surface area (Å²) in [5.74, 6) is -1.94. The van der Waals surface area contributed by atoms with E-state index in [1.165, 1.54) is 18.2 Å². The molecule has 0 unspecified atom stereocenters. The number of halogens is 3. The topological polar surface area (TPSA) is 37.4 Å². The molecule has 2 aromatic carbocycles. The van der Waals surface area contributed by atoms with Crippen LogP contribution in [0.2, 0.25) is 5.02 Å². The molecule has 0 atom stereocenters. The molecular formula is C13H10ClF2NO2S. The molecule has 2 rings (SSSR count). The highest BCUT2D eigenvalue weighted by molar-refractivity contribution is 7.93. The summed E-state index contributed by atoms with van der Waals surface area (Å²) in [6.07, 6.45) is 0. The summed E-state index contributed by atoms with van der Waals surface area (Å²) in [5, 5.41) is -0.0175. The van der Waals surface area contributed by atoms with Crippen LogP contribution in [-0.2, 0) is 10.0 Å². The minimum Gasteiger partial charge on any atom is -0.263 e. The van der Waals surface area contributed by atoms with Gasteiger partial charge in [0.15, 0.2) is 11.6 Å². The second-order valence-corrected chi connectivity index (χ2v) is 6.32. The van der Waals surface area contributed by atoms with E-state index < -0.39 is 27.3 Å². The highest BCUT2D eigenvalue weighted by Crippen LogP contribution is 2.30. The minimum atomic E-state index is -4.15. The van der Waals surface area contributed by atoms with Crippen molar-refractivity contribution in [1.29, 1.82) is 0 Å². The summed E-state index contributed by atoms with van der Waals surface area (Å²) < 4.78 is 52.6. The first-order valence-corrected chi connectivity index (χ1v) is 7.35. The largest absolute Gasteiger partial charge is 0.265 e. The van der Waals surface area contributed by atoms with Gasteiger partial charge in [-0.05, 0) is 24.3 Å². The summed E-state index contributed by atoms with van der Waals surface area (Å²) in [4.78, 5) is -0.216. The molecule has 20 heavy (non-hydrogen) atoms. The van der Waals surface area contributed by atoms with Gasteiger partial charge in [-0.1, -0.05) is 29.8 Å². The first-order chi connectivity index (χ1) is 9.35. The van der Waals surface area contributed by atoms with E-state index in [0.29, 0.717) is 4.31 Å². The van der Waals surface area contributed by atoms with Crippen LogP contribution < -0.4 is 4.31 Å². The normalized spacial score (nSPS) is 11.4. The molecule has 0 aliphatic rings. The van der Waals surface area contributed by atoms with Crippen molar-refractivity contribution < 1.29 is 17.2 Å². The second kappa shape index (κ2) is 5.38. The Hall–Kier alpha value is -1.66. The molecule has 0 N–H and O–H groups in total. The van der Waals surface area contributed by atoms with Gasteiger partial charge in [-0.25, -0.2) is 17.2 Å². The number of hydrogen-bond acceptors (Lipinski definition) is 2. The lowest BCUT2D eigenvalue weighted by Crippen LogP contribution is -2.28. The summed E-state index contributed by atoms with van der Waals surface area (Å²) >= 11 is 5.83. The van der Waals surface area contributed by atoms with Crippen LogP contribution in [-0.4, -0.2) is 15.5 Å². The van der Waals surface area contributed by atoms with Crippen LogP contribution in [0.5, 0.6) is 0 Å². The van der Waals surface area contributed by atoms with Crippen molar-refractivity contribution in [2.45, 2.75) is 4.90 Å². The van der Waals surface area contributed by atoms with Crippen molar-refractivity contribution >= 4 is 27.3 Å². The summed E-state index contributed by atoms with van der Waals surface area (Å²) in [6.45, 7) is 0. The highest BCUT2D eigenvalue weighted by Gasteiger charge is 2.27. The number of benzene rings is 2. The molecule has 0 aliphatic carbocycles. The van der Waals surface area contributed by atoms with Gasteiger partial charge in [0, 0.05) is 7.05 Å². The zero-order valence-corrected chi connectivity index (χ0v) is 11.9. The van der Waals surface area contributed by atoms with Crippen LogP contribution in [0.1, 0.15) is 0 Å². The van der Waals surface area contributed by atoms with Gasteiger partial charge in [0.2, 0.25) is 0 Å². The van der Waals surface area contributed by atoms with Gasteiger partial charge in [-0.2, -0.15) is 0 Å². The van der Waals surface area contributed by atoms with Gasteiger partial charge in [0.05, 0.1) is 5.02 Å². The van der Waals surface area contributed by atoms with Gasteiger partial charge < -0.3 is 0 Å². The first-order valence-electron chi connectivity index (χ1n) is 5.53. The summed E-state index contributed by atoms with van der Waals surface area (Å²) in [5.41, 5.74) is -0.646. The number of hydrogen-bond donors (Lipinski definition) is 0. The Morgan fingerprint density at radius 3 is 2.10 bits per heavy atom. The van der Waals surface area contributed by atoms with Gasteiger partial charge in [0.1, 0.15) is 10.6 Å². The number of anilines is 1. The first kappa shape index (κ1) is 14.7. The maximum Gasteiger partial charge on any atom is 0.265 e. The lowest BCUT2D eigenvalue weighted by atomic mass is 10.3. The van der Waals surface area contributed by atoms with Crippen molar-refractivity contribution in [3.05, 3.63) is 59.1 Å². The zero-order valence-electron chi connectivity index (χ0n) is 10.3. The van der Waals surface area contributed by atoms with E-state index in [1.54, 1.807) is 6.07 Å². The molecule has 0 radical (unpaired) electrons. The van der Waals surface area contributed by atoms with E-state index >= 15 is 0 Å². The Morgan fingerprint density at radius 1 is 1.00 bits per heavy atom. The van der Waals surface area contributed by atoms with Crippen molar-refractivity contribution in [3.8, 4) is 0 Å². The van der Waals surface area contributed by atoms with Crippen LogP contribution in [0.4, 0.5) is 14.5 Å². The van der Waals surface area contributed by atoms with Gasteiger partial charge in [-0.3, -0.25) is 4.31 Å². The molecule has 0 heterocycles. The molecule has 0 spiro atoms. The summed E-state index contributed by atoms with van der Waals surface area (Å²) in [7, 11) is -3.08. The second-order valence-electron chi connectivity index (χ2n) is 3.97. The minimum absolute atomic E-state index is 0.0175. The van der Waals surface area contributed by atoms with Crippen molar-refractivity contribution in [3.63, 3.8) is 0 Å². The van der Waals surface area contributed by atoms with Crippen LogP contribution >= 0.6 is 11.6 Å². The molecule has 0 amide bonds. The molecular weight excluding hydrogens is 308 g/mol. The Bertz CT molecular complexity index is 730. The fourth-order valence-corrected chi connectivity index (χ4v) is 3.41. The molecule has 0 aliphatic heterocycles. The Kier molecular flexibility index (Phi) is 3.96. The molecule has 106 valence electrons. The monoisotopic (exact) mass is 317 g/mol. The van der Waals surface area contributed by atoms with Gasteiger partial charge in [0.25, 0.3) is 10.0 Å². The maximum absolute atomic E-state index is 13.7. The molecule has 0 saturated heterocycles. The number of sulfonamides is 1. The third-order valence-electron chi connectivity index (χ3n) is 2.73. The van der Waals surface area contributed by atoms with Gasteiger partial charge in [-0.15, -0.1) is 0 Å².